The summed E-state index contributed by atoms with van der Waals surface area (Å²) in [6.45, 7) is 16.9. The molecule has 0 amide bonds. The predicted octanol–water partition coefficient (Wildman–Crippen LogP) is 8.40. The zero-order valence-electron chi connectivity index (χ0n) is 28.3. The van der Waals surface area contributed by atoms with Gasteiger partial charge in [0.2, 0.25) is 0 Å². The van der Waals surface area contributed by atoms with E-state index in [1.54, 1.807) is 5.57 Å². The topological polar surface area (TPSA) is 55.8 Å². The highest BCUT2D eigenvalue weighted by atomic mass is 16.5. The molecule has 3 saturated carbocycles. The van der Waals surface area contributed by atoms with E-state index in [4.69, 9.17) is 9.47 Å². The average molecular weight is 598 g/mol. The highest BCUT2D eigenvalue weighted by Gasteiger charge is 2.59. The lowest BCUT2D eigenvalue weighted by molar-refractivity contribution is -0.152. The maximum absolute atomic E-state index is 12.7. The van der Waals surface area contributed by atoms with E-state index in [2.05, 4.69) is 45.6 Å². The summed E-state index contributed by atoms with van der Waals surface area (Å²) in [5, 5.41) is 0. The fourth-order valence-corrected chi connectivity index (χ4v) is 10.7. The monoisotopic (exact) mass is 597 g/mol. The highest BCUT2D eigenvalue weighted by Crippen LogP contribution is 2.67. The molecule has 1 heterocycles. The Kier molecular flexibility index (Phi) is 11.2. The quantitative estimate of drug-likeness (QED) is 0.158. The molecule has 5 rings (SSSR count). The first-order valence-corrected chi connectivity index (χ1v) is 18.3. The highest BCUT2D eigenvalue weighted by molar-refractivity contribution is 5.82. The summed E-state index contributed by atoms with van der Waals surface area (Å²) in [6, 6.07) is 0. The molecule has 8 atom stereocenters. The van der Waals surface area contributed by atoms with Crippen molar-refractivity contribution in [2.24, 2.45) is 46.3 Å². The van der Waals surface area contributed by atoms with Gasteiger partial charge in [-0.05, 0) is 104 Å². The zero-order valence-corrected chi connectivity index (χ0v) is 28.3. The molecule has 1 aliphatic heterocycles. The number of rotatable bonds is 13. The van der Waals surface area contributed by atoms with Crippen LogP contribution in [0.2, 0.25) is 0 Å². The van der Waals surface area contributed by atoms with Crippen molar-refractivity contribution in [3.63, 3.8) is 0 Å². The summed E-state index contributed by atoms with van der Waals surface area (Å²) < 4.78 is 11.4. The maximum Gasteiger partial charge on any atom is 0.306 e. The molecule has 4 aliphatic carbocycles. The summed E-state index contributed by atoms with van der Waals surface area (Å²) in [5.74, 6) is 5.06. The van der Waals surface area contributed by atoms with E-state index in [0.29, 0.717) is 18.3 Å². The van der Waals surface area contributed by atoms with Crippen LogP contribution in [0.3, 0.4) is 0 Å². The van der Waals surface area contributed by atoms with Crippen molar-refractivity contribution in [3.8, 4) is 0 Å². The van der Waals surface area contributed by atoms with Gasteiger partial charge in [0.05, 0.1) is 19.6 Å². The van der Waals surface area contributed by atoms with Gasteiger partial charge in [-0.1, -0.05) is 65.5 Å². The van der Waals surface area contributed by atoms with E-state index in [-0.39, 0.29) is 29.7 Å². The van der Waals surface area contributed by atoms with Crippen molar-refractivity contribution in [2.75, 3.05) is 32.8 Å². The summed E-state index contributed by atoms with van der Waals surface area (Å²) in [5.41, 5.74) is 2.36. The Bertz CT molecular complexity index is 984. The Hall–Kier alpha value is -1.20. The molecule has 0 spiro atoms. The molecule has 0 bridgehead atoms. The average Bonchev–Trinajstić information content (AvgIpc) is 3.34. The zero-order chi connectivity index (χ0) is 30.6. The number of allylic oxidation sites excluding steroid dienone is 1. The van der Waals surface area contributed by atoms with Crippen molar-refractivity contribution in [2.45, 2.75) is 137 Å². The number of nitrogens with zero attached hydrogens (tertiary/aromatic N) is 1. The van der Waals surface area contributed by atoms with Crippen LogP contribution in [0.1, 0.15) is 131 Å². The number of ether oxygens (including phenoxy) is 2. The Morgan fingerprint density at radius 2 is 1.74 bits per heavy atom. The number of Topliss-reactive ketones (excluding diaryl/α,β-unsaturated/α-hetero) is 1. The van der Waals surface area contributed by atoms with Gasteiger partial charge in [0, 0.05) is 32.4 Å². The second-order valence-corrected chi connectivity index (χ2v) is 16.2. The number of carbonyl (C=O) groups is 2. The second kappa shape index (κ2) is 14.5. The van der Waals surface area contributed by atoms with E-state index in [1.807, 2.05) is 0 Å². The van der Waals surface area contributed by atoms with Gasteiger partial charge in [0.25, 0.3) is 0 Å². The third-order valence-corrected chi connectivity index (χ3v) is 13.2. The lowest BCUT2D eigenvalue weighted by atomic mass is 9.47. The largest absolute Gasteiger partial charge is 0.462 e. The van der Waals surface area contributed by atoms with Crippen molar-refractivity contribution >= 4 is 11.8 Å². The number of ketones is 1. The number of esters is 1. The van der Waals surface area contributed by atoms with E-state index in [9.17, 15) is 9.59 Å². The molecule has 5 nitrogen and oxygen atoms in total. The molecule has 5 heteroatoms. The van der Waals surface area contributed by atoms with Gasteiger partial charge in [-0.25, -0.2) is 0 Å². The molecule has 244 valence electrons. The number of hydrogen-bond acceptors (Lipinski definition) is 5. The lowest BCUT2D eigenvalue weighted by Gasteiger charge is -2.58. The van der Waals surface area contributed by atoms with Gasteiger partial charge >= 0.3 is 5.97 Å². The first-order valence-electron chi connectivity index (χ1n) is 18.3. The van der Waals surface area contributed by atoms with Crippen LogP contribution >= 0.6 is 0 Å². The second-order valence-electron chi connectivity index (χ2n) is 16.2. The van der Waals surface area contributed by atoms with Crippen LogP contribution in [-0.4, -0.2) is 55.6 Å². The van der Waals surface area contributed by atoms with Crippen LogP contribution in [0.25, 0.3) is 0 Å². The smallest absolute Gasteiger partial charge is 0.306 e. The van der Waals surface area contributed by atoms with Crippen LogP contribution in [0.5, 0.6) is 0 Å². The van der Waals surface area contributed by atoms with Crippen LogP contribution in [-0.2, 0) is 19.1 Å². The molecule has 0 aromatic rings. The minimum Gasteiger partial charge on any atom is -0.462 e. The third kappa shape index (κ3) is 7.62. The fraction of sp³-hybridized carbons (Fsp3) is 0.895. The van der Waals surface area contributed by atoms with Gasteiger partial charge in [0.15, 0.2) is 0 Å². The Morgan fingerprint density at radius 3 is 2.51 bits per heavy atom. The summed E-state index contributed by atoms with van der Waals surface area (Å²) in [4.78, 5) is 27.5. The van der Waals surface area contributed by atoms with Gasteiger partial charge in [-0.2, -0.15) is 0 Å². The molecule has 43 heavy (non-hydrogen) atoms. The normalized spacial score (nSPS) is 36.8. The number of hydrogen-bond donors (Lipinski definition) is 0. The standard InChI is InChI=1S/C38H63NO4/c1-27(2)8-6-9-28(3)33-14-15-34-32-13-11-29-26-31(17-19-37(29,4)35(32)18-20-38(33,34)5)43-36(41)16-12-30(40)10-7-21-39-22-24-42-25-23-39/h11,27-28,31-35H,6-10,12-26H2,1-5H3. The maximum atomic E-state index is 12.7. The van der Waals surface area contributed by atoms with Gasteiger partial charge in [0.1, 0.15) is 11.9 Å². The molecule has 0 radical (unpaired) electrons. The summed E-state index contributed by atoms with van der Waals surface area (Å²) in [6.07, 6.45) is 18.6. The molecular weight excluding hydrogens is 534 g/mol. The van der Waals surface area contributed by atoms with Crippen molar-refractivity contribution in [1.29, 1.82) is 0 Å². The van der Waals surface area contributed by atoms with E-state index in [0.717, 1.165) is 94.0 Å². The van der Waals surface area contributed by atoms with E-state index >= 15 is 0 Å². The summed E-state index contributed by atoms with van der Waals surface area (Å²) in [7, 11) is 0. The van der Waals surface area contributed by atoms with Crippen molar-refractivity contribution < 1.29 is 19.1 Å². The molecule has 4 fully saturated rings. The van der Waals surface area contributed by atoms with Crippen LogP contribution in [0.4, 0.5) is 0 Å². The Morgan fingerprint density at radius 1 is 0.953 bits per heavy atom. The van der Waals surface area contributed by atoms with Gasteiger partial charge < -0.3 is 9.47 Å². The number of carbonyl (C=O) groups excluding carboxylic acids is 2. The number of fused-ring (bicyclic) bond motifs is 5. The predicted molar refractivity (Wildman–Crippen MR) is 174 cm³/mol. The minimum absolute atomic E-state index is 0.0174. The van der Waals surface area contributed by atoms with Crippen LogP contribution in [0.15, 0.2) is 11.6 Å². The Balaban J connectivity index is 1.09. The lowest BCUT2D eigenvalue weighted by Crippen LogP contribution is -2.51. The van der Waals surface area contributed by atoms with E-state index < -0.39 is 0 Å². The number of morpholine rings is 1. The Labute approximate surface area is 263 Å². The fourth-order valence-electron chi connectivity index (χ4n) is 10.7. The minimum atomic E-state index is -0.183. The first kappa shape index (κ1) is 33.2. The molecule has 5 aliphatic rings. The molecule has 0 N–H and O–H groups in total. The van der Waals surface area contributed by atoms with Crippen molar-refractivity contribution in [1.82, 2.24) is 4.90 Å². The molecule has 1 saturated heterocycles. The van der Waals surface area contributed by atoms with Crippen molar-refractivity contribution in [3.05, 3.63) is 11.6 Å². The molecule has 0 aromatic carbocycles. The molecular formula is C38H63NO4. The van der Waals surface area contributed by atoms with Crippen LogP contribution in [0, 0.1) is 46.3 Å². The van der Waals surface area contributed by atoms with E-state index in [1.165, 1.54) is 51.4 Å². The molecule has 0 aromatic heterocycles. The van der Waals surface area contributed by atoms with Gasteiger partial charge in [-0.3, -0.25) is 14.5 Å². The summed E-state index contributed by atoms with van der Waals surface area (Å²) >= 11 is 0. The van der Waals surface area contributed by atoms with Crippen LogP contribution < -0.4 is 0 Å². The first-order chi connectivity index (χ1) is 20.6. The van der Waals surface area contributed by atoms with Gasteiger partial charge in [-0.15, -0.1) is 0 Å². The SMILES string of the molecule is CC(C)CCCC(C)C1CCC2C3CC=C4CC(OC(=O)CCC(=O)CCCN5CCOCC5)CCC4(C)C3CCC12C. The molecule has 8 unspecified atom stereocenters. The third-order valence-electron chi connectivity index (χ3n) is 13.2.